The Morgan fingerprint density at radius 2 is 1.82 bits per heavy atom. The Kier molecular flexibility index (Phi) is 5.10. The predicted molar refractivity (Wildman–Crippen MR) is 81.8 cm³/mol. The molecule has 0 unspecified atom stereocenters. The first-order chi connectivity index (χ1) is 10.3. The molecule has 2 aromatic carbocycles. The lowest BCUT2D eigenvalue weighted by Gasteiger charge is -2.09. The third-order valence-electron chi connectivity index (χ3n) is 2.88. The lowest BCUT2D eigenvalue weighted by atomic mass is 10.2. The van der Waals surface area contributed by atoms with Crippen LogP contribution < -0.4 is 10.0 Å². The maximum atomic E-state index is 13.5. The van der Waals surface area contributed by atoms with Crippen LogP contribution in [0.1, 0.15) is 11.1 Å². The Bertz CT molecular complexity index is 764. The van der Waals surface area contributed by atoms with Crippen molar-refractivity contribution < 1.29 is 17.2 Å². The fourth-order valence-electron chi connectivity index (χ4n) is 1.98. The van der Waals surface area contributed by atoms with E-state index in [0.29, 0.717) is 12.2 Å². The molecule has 4 nitrogen and oxygen atoms in total. The Balaban J connectivity index is 1.97. The van der Waals surface area contributed by atoms with E-state index in [2.05, 4.69) is 10.0 Å². The van der Waals surface area contributed by atoms with Gasteiger partial charge in [0.2, 0.25) is 10.0 Å². The van der Waals surface area contributed by atoms with E-state index in [1.807, 2.05) is 6.07 Å². The fourth-order valence-corrected chi connectivity index (χ4v) is 2.53. The van der Waals surface area contributed by atoms with Crippen LogP contribution in [0.2, 0.25) is 0 Å². The second-order valence-corrected chi connectivity index (χ2v) is 6.66. The van der Waals surface area contributed by atoms with Crippen LogP contribution in [0, 0.1) is 11.6 Å². The molecule has 0 bridgehead atoms. The van der Waals surface area contributed by atoms with Crippen LogP contribution in [0.15, 0.2) is 42.5 Å². The minimum Gasteiger partial charge on any atom is -0.309 e. The third kappa shape index (κ3) is 5.09. The maximum absolute atomic E-state index is 13.5. The number of hydrogen-bond donors (Lipinski definition) is 2. The number of hydrogen-bond acceptors (Lipinski definition) is 3. The summed E-state index contributed by atoms with van der Waals surface area (Å²) in [6.45, 7) is 0.572. The smallest absolute Gasteiger partial charge is 0.229 e. The van der Waals surface area contributed by atoms with Gasteiger partial charge in [0.25, 0.3) is 0 Å². The normalized spacial score (nSPS) is 11.4. The molecule has 0 fully saturated rings. The van der Waals surface area contributed by atoms with Crippen molar-refractivity contribution in [1.29, 1.82) is 0 Å². The molecule has 0 amide bonds. The first kappa shape index (κ1) is 16.4. The van der Waals surface area contributed by atoms with Gasteiger partial charge in [0.15, 0.2) is 0 Å². The molecule has 2 aromatic rings. The summed E-state index contributed by atoms with van der Waals surface area (Å²) in [6.07, 6.45) is 1.07. The molecule has 0 spiro atoms. The highest BCUT2D eigenvalue weighted by Crippen LogP contribution is 2.13. The summed E-state index contributed by atoms with van der Waals surface area (Å²) in [5.41, 5.74) is 1.52. The monoisotopic (exact) mass is 326 g/mol. The highest BCUT2D eigenvalue weighted by atomic mass is 32.2. The van der Waals surface area contributed by atoms with E-state index in [9.17, 15) is 17.2 Å². The largest absolute Gasteiger partial charge is 0.309 e. The Morgan fingerprint density at radius 1 is 1.05 bits per heavy atom. The van der Waals surface area contributed by atoms with E-state index in [4.69, 9.17) is 0 Å². The van der Waals surface area contributed by atoms with Crippen molar-refractivity contribution in [1.82, 2.24) is 5.32 Å². The van der Waals surface area contributed by atoms with Crippen molar-refractivity contribution in [2.75, 3.05) is 11.0 Å². The van der Waals surface area contributed by atoms with Crippen LogP contribution in [0.5, 0.6) is 0 Å². The molecule has 7 heteroatoms. The van der Waals surface area contributed by atoms with Crippen molar-refractivity contribution in [3.05, 3.63) is 65.2 Å². The first-order valence-corrected chi connectivity index (χ1v) is 8.44. The topological polar surface area (TPSA) is 58.2 Å². The Labute approximate surface area is 128 Å². The van der Waals surface area contributed by atoms with E-state index in [1.54, 1.807) is 18.2 Å². The van der Waals surface area contributed by atoms with E-state index in [1.165, 1.54) is 0 Å². The maximum Gasteiger partial charge on any atom is 0.229 e. The van der Waals surface area contributed by atoms with Gasteiger partial charge >= 0.3 is 0 Å². The van der Waals surface area contributed by atoms with Gasteiger partial charge in [-0.05, 0) is 35.9 Å². The van der Waals surface area contributed by atoms with Gasteiger partial charge in [0, 0.05) is 24.3 Å². The molecule has 0 aromatic heterocycles. The minimum atomic E-state index is -3.33. The van der Waals surface area contributed by atoms with E-state index in [-0.39, 0.29) is 12.1 Å². The number of benzene rings is 2. The minimum absolute atomic E-state index is 0.174. The van der Waals surface area contributed by atoms with Gasteiger partial charge in [-0.25, -0.2) is 17.2 Å². The van der Waals surface area contributed by atoms with Crippen LogP contribution in [-0.4, -0.2) is 14.7 Å². The highest BCUT2D eigenvalue weighted by molar-refractivity contribution is 7.92. The zero-order valence-corrected chi connectivity index (χ0v) is 12.8. The predicted octanol–water partition coefficient (Wildman–Crippen LogP) is 2.63. The van der Waals surface area contributed by atoms with Crippen LogP contribution in [-0.2, 0) is 23.1 Å². The molecule has 0 aliphatic carbocycles. The first-order valence-electron chi connectivity index (χ1n) is 6.55. The SMILES string of the molecule is CS(=O)(=O)Nc1cccc(CNCc2cc(F)ccc2F)c1. The molecule has 0 heterocycles. The van der Waals surface area contributed by atoms with Crippen molar-refractivity contribution in [3.63, 3.8) is 0 Å². The van der Waals surface area contributed by atoms with E-state index in [0.717, 1.165) is 30.0 Å². The third-order valence-corrected chi connectivity index (χ3v) is 3.49. The Morgan fingerprint density at radius 3 is 2.55 bits per heavy atom. The summed E-state index contributed by atoms with van der Waals surface area (Å²) >= 11 is 0. The number of halogens is 2. The number of nitrogens with one attached hydrogen (secondary N) is 2. The molecule has 0 atom stereocenters. The molecular weight excluding hydrogens is 310 g/mol. The molecule has 0 saturated carbocycles. The highest BCUT2D eigenvalue weighted by Gasteiger charge is 2.05. The summed E-state index contributed by atoms with van der Waals surface area (Å²) in [6, 6.07) is 10.1. The summed E-state index contributed by atoms with van der Waals surface area (Å²) < 4.78 is 51.2. The molecule has 0 aliphatic heterocycles. The van der Waals surface area contributed by atoms with Crippen molar-refractivity contribution in [2.24, 2.45) is 0 Å². The van der Waals surface area contributed by atoms with E-state index >= 15 is 0 Å². The number of rotatable bonds is 6. The average molecular weight is 326 g/mol. The summed E-state index contributed by atoms with van der Waals surface area (Å²) in [4.78, 5) is 0. The summed E-state index contributed by atoms with van der Waals surface area (Å²) in [5, 5.41) is 2.99. The van der Waals surface area contributed by atoms with Gasteiger partial charge in [-0.3, -0.25) is 4.72 Å². The van der Waals surface area contributed by atoms with Gasteiger partial charge in [0.1, 0.15) is 11.6 Å². The molecule has 0 aliphatic rings. The average Bonchev–Trinajstić information content (AvgIpc) is 2.41. The molecule has 2 rings (SSSR count). The summed E-state index contributed by atoms with van der Waals surface area (Å²) in [5.74, 6) is -0.959. The molecule has 0 radical (unpaired) electrons. The second kappa shape index (κ2) is 6.85. The van der Waals surface area contributed by atoms with Gasteiger partial charge in [-0.2, -0.15) is 0 Å². The molecule has 118 valence electrons. The number of sulfonamides is 1. The zero-order chi connectivity index (χ0) is 16.2. The summed E-state index contributed by atoms with van der Waals surface area (Å²) in [7, 11) is -3.33. The van der Waals surface area contributed by atoms with Gasteiger partial charge in [-0.15, -0.1) is 0 Å². The quantitative estimate of drug-likeness (QED) is 0.858. The lowest BCUT2D eigenvalue weighted by molar-refractivity contribution is 0.568. The van der Waals surface area contributed by atoms with Crippen molar-refractivity contribution in [3.8, 4) is 0 Å². The zero-order valence-electron chi connectivity index (χ0n) is 11.9. The van der Waals surface area contributed by atoms with Crippen LogP contribution in [0.4, 0.5) is 14.5 Å². The molecule has 2 N–H and O–H groups in total. The van der Waals surface area contributed by atoms with Gasteiger partial charge in [-0.1, -0.05) is 12.1 Å². The lowest BCUT2D eigenvalue weighted by Crippen LogP contribution is -2.14. The van der Waals surface area contributed by atoms with Gasteiger partial charge < -0.3 is 5.32 Å². The van der Waals surface area contributed by atoms with E-state index < -0.39 is 21.7 Å². The second-order valence-electron chi connectivity index (χ2n) is 4.91. The van der Waals surface area contributed by atoms with Crippen LogP contribution >= 0.6 is 0 Å². The molecular formula is C15H16F2N2O2S. The number of anilines is 1. The van der Waals surface area contributed by atoms with Gasteiger partial charge in [0.05, 0.1) is 6.26 Å². The Hall–Kier alpha value is -1.99. The van der Waals surface area contributed by atoms with Crippen molar-refractivity contribution >= 4 is 15.7 Å². The van der Waals surface area contributed by atoms with Crippen LogP contribution in [0.25, 0.3) is 0 Å². The molecule has 0 saturated heterocycles. The van der Waals surface area contributed by atoms with Crippen molar-refractivity contribution in [2.45, 2.75) is 13.1 Å². The fraction of sp³-hybridized carbons (Fsp3) is 0.200. The standard InChI is InChI=1S/C15H16F2N2O2S/c1-22(20,21)19-14-4-2-3-11(7-14)9-18-10-12-8-13(16)5-6-15(12)17/h2-8,18-19H,9-10H2,1H3. The molecule has 22 heavy (non-hydrogen) atoms. The van der Waals surface area contributed by atoms with Crippen LogP contribution in [0.3, 0.4) is 0 Å².